The Kier molecular flexibility index (Phi) is 3.29. The lowest BCUT2D eigenvalue weighted by Crippen LogP contribution is -2.46. The van der Waals surface area contributed by atoms with Crippen LogP contribution in [0.1, 0.15) is 19.8 Å². The number of carbonyl (C=O) groups is 1. The molecule has 0 radical (unpaired) electrons. The van der Waals surface area contributed by atoms with E-state index < -0.39 is 0 Å². The van der Waals surface area contributed by atoms with Gasteiger partial charge in [-0.15, -0.1) is 0 Å². The van der Waals surface area contributed by atoms with Crippen LogP contribution in [0, 0.1) is 5.92 Å². The number of anilines is 2. The molecule has 2 atom stereocenters. The molecule has 2 fully saturated rings. The average molecular weight is 278 g/mol. The number of nitrogens with zero attached hydrogens (tertiary/aromatic N) is 4. The highest BCUT2D eigenvalue weighted by Gasteiger charge is 2.41. The molecule has 8 nitrogen and oxygen atoms in total. The Morgan fingerprint density at radius 1 is 1.45 bits per heavy atom. The van der Waals surface area contributed by atoms with Gasteiger partial charge in [0, 0.05) is 13.1 Å². The number of ether oxygens (including phenoxy) is 1. The summed E-state index contributed by atoms with van der Waals surface area (Å²) >= 11 is 0. The van der Waals surface area contributed by atoms with Gasteiger partial charge in [-0.05, 0) is 19.8 Å². The van der Waals surface area contributed by atoms with E-state index in [1.807, 2.05) is 11.8 Å². The van der Waals surface area contributed by atoms with Gasteiger partial charge < -0.3 is 20.7 Å². The molecular formula is C12H18N6O2. The van der Waals surface area contributed by atoms with E-state index >= 15 is 0 Å². The molecule has 0 saturated carbocycles. The summed E-state index contributed by atoms with van der Waals surface area (Å²) in [6.07, 6.45) is 1.84. The first-order valence-corrected chi connectivity index (χ1v) is 6.87. The van der Waals surface area contributed by atoms with E-state index in [2.05, 4.69) is 20.3 Å². The molecule has 0 aliphatic carbocycles. The van der Waals surface area contributed by atoms with E-state index in [4.69, 9.17) is 10.5 Å². The number of amides is 1. The molecule has 108 valence electrons. The Bertz CT molecular complexity index is 523. The molecule has 0 bridgehead atoms. The van der Waals surface area contributed by atoms with E-state index in [0.717, 1.165) is 19.4 Å². The fourth-order valence-corrected chi connectivity index (χ4v) is 2.88. The number of hydrogen-bond acceptors (Lipinski definition) is 7. The fourth-order valence-electron chi connectivity index (χ4n) is 2.88. The normalized spacial score (nSPS) is 25.2. The SMILES string of the molecule is CCOc1nc(N)nc(N2CCCC3C(=O)NCC32)n1. The second-order valence-electron chi connectivity index (χ2n) is 4.96. The average Bonchev–Trinajstić information content (AvgIpc) is 2.80. The van der Waals surface area contributed by atoms with E-state index in [-0.39, 0.29) is 29.8 Å². The first kappa shape index (κ1) is 12.9. The van der Waals surface area contributed by atoms with Gasteiger partial charge in [0.25, 0.3) is 0 Å². The summed E-state index contributed by atoms with van der Waals surface area (Å²) in [7, 11) is 0. The minimum Gasteiger partial charge on any atom is -0.464 e. The van der Waals surface area contributed by atoms with Gasteiger partial charge in [-0.3, -0.25) is 4.79 Å². The summed E-state index contributed by atoms with van der Waals surface area (Å²) in [6, 6.07) is 0.321. The number of hydrogen-bond donors (Lipinski definition) is 2. The van der Waals surface area contributed by atoms with Gasteiger partial charge in [-0.1, -0.05) is 0 Å². The zero-order chi connectivity index (χ0) is 14.1. The molecule has 1 aromatic heterocycles. The van der Waals surface area contributed by atoms with Crippen LogP contribution in [0.3, 0.4) is 0 Å². The second kappa shape index (κ2) is 5.10. The summed E-state index contributed by atoms with van der Waals surface area (Å²) in [5.74, 6) is 0.758. The Morgan fingerprint density at radius 2 is 2.30 bits per heavy atom. The number of piperidine rings is 1. The molecule has 3 heterocycles. The van der Waals surface area contributed by atoms with Crippen molar-refractivity contribution < 1.29 is 9.53 Å². The predicted octanol–water partition coefficient (Wildman–Crippen LogP) is -0.433. The molecule has 2 aliphatic rings. The van der Waals surface area contributed by atoms with Gasteiger partial charge in [0.15, 0.2) is 0 Å². The van der Waals surface area contributed by atoms with Crippen molar-refractivity contribution >= 4 is 17.8 Å². The third-order valence-electron chi connectivity index (χ3n) is 3.75. The maximum atomic E-state index is 11.8. The van der Waals surface area contributed by atoms with Gasteiger partial charge >= 0.3 is 6.01 Å². The van der Waals surface area contributed by atoms with Crippen LogP contribution in [-0.2, 0) is 4.79 Å². The smallest absolute Gasteiger partial charge is 0.323 e. The molecule has 1 amide bonds. The summed E-state index contributed by atoms with van der Waals surface area (Å²) < 4.78 is 5.30. The number of nitrogen functional groups attached to an aromatic ring is 1. The lowest BCUT2D eigenvalue weighted by molar-refractivity contribution is -0.123. The maximum absolute atomic E-state index is 11.8. The first-order chi connectivity index (χ1) is 9.69. The molecule has 8 heteroatoms. The molecular weight excluding hydrogens is 260 g/mol. The topological polar surface area (TPSA) is 106 Å². The molecule has 3 N–H and O–H groups in total. The van der Waals surface area contributed by atoms with E-state index in [9.17, 15) is 4.79 Å². The van der Waals surface area contributed by atoms with Crippen molar-refractivity contribution in [1.29, 1.82) is 0 Å². The summed E-state index contributed by atoms with van der Waals surface area (Å²) in [5.41, 5.74) is 5.71. The van der Waals surface area contributed by atoms with Crippen molar-refractivity contribution in [3.63, 3.8) is 0 Å². The third-order valence-corrected chi connectivity index (χ3v) is 3.75. The number of fused-ring (bicyclic) bond motifs is 1. The molecule has 0 aromatic carbocycles. The van der Waals surface area contributed by atoms with Crippen LogP contribution in [0.2, 0.25) is 0 Å². The van der Waals surface area contributed by atoms with Crippen LogP contribution >= 0.6 is 0 Å². The Morgan fingerprint density at radius 3 is 3.10 bits per heavy atom. The molecule has 2 saturated heterocycles. The number of rotatable bonds is 3. The summed E-state index contributed by atoms with van der Waals surface area (Å²) in [4.78, 5) is 26.2. The van der Waals surface area contributed by atoms with Crippen molar-refractivity contribution in [3.05, 3.63) is 0 Å². The highest BCUT2D eigenvalue weighted by atomic mass is 16.5. The zero-order valence-electron chi connectivity index (χ0n) is 11.4. The molecule has 20 heavy (non-hydrogen) atoms. The third kappa shape index (κ3) is 2.21. The van der Waals surface area contributed by atoms with Crippen LogP contribution in [0.15, 0.2) is 0 Å². The predicted molar refractivity (Wildman–Crippen MR) is 72.3 cm³/mol. The first-order valence-electron chi connectivity index (χ1n) is 6.87. The van der Waals surface area contributed by atoms with Crippen LogP contribution in [0.4, 0.5) is 11.9 Å². The molecule has 3 rings (SSSR count). The van der Waals surface area contributed by atoms with Gasteiger partial charge in [0.1, 0.15) is 0 Å². The lowest BCUT2D eigenvalue weighted by atomic mass is 9.92. The highest BCUT2D eigenvalue weighted by Crippen LogP contribution is 2.30. The van der Waals surface area contributed by atoms with Gasteiger partial charge in [-0.2, -0.15) is 15.0 Å². The van der Waals surface area contributed by atoms with Crippen molar-refractivity contribution in [2.75, 3.05) is 30.3 Å². The fraction of sp³-hybridized carbons (Fsp3) is 0.667. The van der Waals surface area contributed by atoms with Crippen LogP contribution < -0.4 is 20.7 Å². The van der Waals surface area contributed by atoms with Crippen molar-refractivity contribution in [2.45, 2.75) is 25.8 Å². The Labute approximate surface area is 116 Å². The Balaban J connectivity index is 1.89. The van der Waals surface area contributed by atoms with Gasteiger partial charge in [0.2, 0.25) is 17.8 Å². The van der Waals surface area contributed by atoms with Crippen molar-refractivity contribution in [3.8, 4) is 6.01 Å². The standard InChI is InChI=1S/C12H18N6O2/c1-2-20-12-16-10(13)15-11(17-12)18-5-3-4-7-8(18)6-14-9(7)19/h7-8H,2-6H2,1H3,(H,14,19)(H2,13,15,16,17). The van der Waals surface area contributed by atoms with E-state index in [1.54, 1.807) is 0 Å². The summed E-state index contributed by atoms with van der Waals surface area (Å²) in [5, 5.41) is 2.90. The minimum atomic E-state index is 0.0114. The maximum Gasteiger partial charge on any atom is 0.323 e. The van der Waals surface area contributed by atoms with E-state index in [1.165, 1.54) is 0 Å². The molecule has 0 spiro atoms. The Hall–Kier alpha value is -2.12. The monoisotopic (exact) mass is 278 g/mol. The number of nitrogens with two attached hydrogens (primary N) is 1. The number of aromatic nitrogens is 3. The quantitative estimate of drug-likeness (QED) is 0.772. The van der Waals surface area contributed by atoms with Crippen LogP contribution in [-0.4, -0.2) is 46.6 Å². The largest absolute Gasteiger partial charge is 0.464 e. The van der Waals surface area contributed by atoms with Crippen LogP contribution in [0.5, 0.6) is 6.01 Å². The number of nitrogens with one attached hydrogen (secondary N) is 1. The summed E-state index contributed by atoms with van der Waals surface area (Å²) in [6.45, 7) is 3.76. The highest BCUT2D eigenvalue weighted by molar-refractivity contribution is 5.82. The van der Waals surface area contributed by atoms with Gasteiger partial charge in [-0.25, -0.2) is 0 Å². The zero-order valence-corrected chi connectivity index (χ0v) is 11.4. The lowest BCUT2D eigenvalue weighted by Gasteiger charge is -2.35. The molecule has 1 aromatic rings. The van der Waals surface area contributed by atoms with Crippen molar-refractivity contribution in [2.24, 2.45) is 5.92 Å². The van der Waals surface area contributed by atoms with Crippen molar-refractivity contribution in [1.82, 2.24) is 20.3 Å². The van der Waals surface area contributed by atoms with E-state index in [0.29, 0.717) is 19.1 Å². The molecule has 2 aliphatic heterocycles. The second-order valence-corrected chi connectivity index (χ2v) is 4.96. The van der Waals surface area contributed by atoms with Crippen LogP contribution in [0.25, 0.3) is 0 Å². The van der Waals surface area contributed by atoms with Gasteiger partial charge in [0.05, 0.1) is 18.6 Å². The molecule has 2 unspecified atom stereocenters. The minimum absolute atomic E-state index is 0.0114. The number of carbonyl (C=O) groups excluding carboxylic acids is 1.